The van der Waals surface area contributed by atoms with Crippen LogP contribution in [0.5, 0.6) is 0 Å². The molecular formula is C29H36N4O3. The first-order valence-corrected chi connectivity index (χ1v) is 13.3. The van der Waals surface area contributed by atoms with Crippen LogP contribution in [0.3, 0.4) is 0 Å². The number of amides is 3. The lowest BCUT2D eigenvalue weighted by molar-refractivity contribution is -0.122. The topological polar surface area (TPSA) is 73.0 Å². The number of para-hydroxylation sites is 1. The first kappa shape index (κ1) is 24.5. The Morgan fingerprint density at radius 3 is 2.56 bits per heavy atom. The smallest absolute Gasteiger partial charge is 0.256 e. The number of nitrogens with zero attached hydrogens (tertiary/aromatic N) is 3. The number of likely N-dealkylation sites (tertiary alicyclic amines) is 1. The number of carbonyl (C=O) groups is 3. The number of piperidine rings is 1. The highest BCUT2D eigenvalue weighted by atomic mass is 16.2. The van der Waals surface area contributed by atoms with E-state index in [2.05, 4.69) is 17.1 Å². The molecule has 3 aliphatic rings. The molecule has 0 radical (unpaired) electrons. The lowest BCUT2D eigenvalue weighted by atomic mass is 9.99. The van der Waals surface area contributed by atoms with Crippen LogP contribution in [-0.4, -0.2) is 66.3 Å². The van der Waals surface area contributed by atoms with Crippen molar-refractivity contribution in [3.05, 3.63) is 65.2 Å². The molecule has 2 aromatic carbocycles. The van der Waals surface area contributed by atoms with Gasteiger partial charge in [0.25, 0.3) is 11.8 Å². The van der Waals surface area contributed by atoms with Crippen molar-refractivity contribution in [1.29, 1.82) is 0 Å². The summed E-state index contributed by atoms with van der Waals surface area (Å²) >= 11 is 0. The molecule has 1 N–H and O–H groups in total. The molecule has 0 bridgehead atoms. The van der Waals surface area contributed by atoms with Crippen molar-refractivity contribution in [2.75, 3.05) is 37.6 Å². The predicted octanol–water partition coefficient (Wildman–Crippen LogP) is 3.69. The quantitative estimate of drug-likeness (QED) is 0.604. The average molecular weight is 489 g/mol. The molecule has 0 aliphatic carbocycles. The molecule has 2 saturated heterocycles. The molecule has 3 amide bonds. The van der Waals surface area contributed by atoms with Gasteiger partial charge in [-0.2, -0.15) is 0 Å². The molecule has 2 aromatic rings. The molecule has 2 fully saturated rings. The monoisotopic (exact) mass is 488 g/mol. The summed E-state index contributed by atoms with van der Waals surface area (Å²) in [6.45, 7) is 7.08. The van der Waals surface area contributed by atoms with Crippen LogP contribution >= 0.6 is 0 Å². The second kappa shape index (κ2) is 10.8. The van der Waals surface area contributed by atoms with Gasteiger partial charge >= 0.3 is 0 Å². The van der Waals surface area contributed by atoms with Crippen LogP contribution in [0.4, 0.5) is 5.69 Å². The van der Waals surface area contributed by atoms with Crippen molar-refractivity contribution < 1.29 is 14.4 Å². The summed E-state index contributed by atoms with van der Waals surface area (Å²) in [6, 6.07) is 14.3. The zero-order valence-electron chi connectivity index (χ0n) is 21.1. The largest absolute Gasteiger partial charge is 0.352 e. The number of fused-ring (bicyclic) bond motifs is 2. The van der Waals surface area contributed by atoms with E-state index in [0.29, 0.717) is 36.3 Å². The second-order valence-electron chi connectivity index (χ2n) is 10.4. The summed E-state index contributed by atoms with van der Waals surface area (Å²) in [4.78, 5) is 45.9. The maximum Gasteiger partial charge on any atom is 0.256 e. The Balaban J connectivity index is 1.29. The molecule has 7 heteroatoms. The van der Waals surface area contributed by atoms with E-state index >= 15 is 0 Å². The number of benzene rings is 2. The molecule has 5 rings (SSSR count). The van der Waals surface area contributed by atoms with Gasteiger partial charge in [-0.25, -0.2) is 0 Å². The fourth-order valence-corrected chi connectivity index (χ4v) is 5.71. The standard InChI is InChI=1S/C29H36N4O3/c1-21-13-18-31(19-14-21)16-7-15-30-27(34)23-9-3-2-8-22(23)20-33-25-11-5-4-10-24(25)28(35)32-17-6-12-26(32)29(33)36/h2-5,8-11,21,26H,6-7,12-20H2,1H3,(H,30,34)/t26-/m0/s1. The minimum absolute atomic E-state index is 0.0724. The number of hydrogen-bond donors (Lipinski definition) is 1. The molecule has 0 saturated carbocycles. The van der Waals surface area contributed by atoms with Gasteiger partial charge in [0.15, 0.2) is 0 Å². The number of anilines is 1. The van der Waals surface area contributed by atoms with Crippen molar-refractivity contribution >= 4 is 23.4 Å². The first-order chi connectivity index (χ1) is 17.5. The zero-order chi connectivity index (χ0) is 25.1. The van der Waals surface area contributed by atoms with E-state index in [0.717, 1.165) is 44.0 Å². The van der Waals surface area contributed by atoms with E-state index in [9.17, 15) is 14.4 Å². The average Bonchev–Trinajstić information content (AvgIpc) is 3.38. The van der Waals surface area contributed by atoms with Crippen LogP contribution in [-0.2, 0) is 11.3 Å². The Kier molecular flexibility index (Phi) is 7.37. The van der Waals surface area contributed by atoms with Gasteiger partial charge in [0.2, 0.25) is 5.91 Å². The Morgan fingerprint density at radius 2 is 1.72 bits per heavy atom. The zero-order valence-corrected chi connectivity index (χ0v) is 21.1. The summed E-state index contributed by atoms with van der Waals surface area (Å²) in [5.74, 6) is 0.539. The predicted molar refractivity (Wildman–Crippen MR) is 140 cm³/mol. The van der Waals surface area contributed by atoms with Crippen LogP contribution < -0.4 is 10.2 Å². The van der Waals surface area contributed by atoms with Crippen molar-refractivity contribution in [1.82, 2.24) is 15.1 Å². The van der Waals surface area contributed by atoms with Crippen molar-refractivity contribution in [2.24, 2.45) is 5.92 Å². The highest BCUT2D eigenvalue weighted by molar-refractivity contribution is 6.11. The van der Waals surface area contributed by atoms with Crippen LogP contribution in [0.15, 0.2) is 48.5 Å². The summed E-state index contributed by atoms with van der Waals surface area (Å²) < 4.78 is 0. The van der Waals surface area contributed by atoms with Gasteiger partial charge in [0.1, 0.15) is 6.04 Å². The van der Waals surface area contributed by atoms with E-state index in [1.165, 1.54) is 12.8 Å². The SMILES string of the molecule is CC1CCN(CCCNC(=O)c2ccccc2CN2C(=O)[C@@H]3CCCN3C(=O)c3ccccc32)CC1. The van der Waals surface area contributed by atoms with Gasteiger partial charge in [-0.05, 0) is 81.4 Å². The van der Waals surface area contributed by atoms with Crippen LogP contribution in [0.2, 0.25) is 0 Å². The molecule has 7 nitrogen and oxygen atoms in total. The Labute approximate surface area is 213 Å². The van der Waals surface area contributed by atoms with Crippen LogP contribution in [0, 0.1) is 5.92 Å². The van der Waals surface area contributed by atoms with E-state index < -0.39 is 6.04 Å². The molecule has 3 heterocycles. The summed E-state index contributed by atoms with van der Waals surface area (Å²) in [5.41, 5.74) is 2.52. The van der Waals surface area contributed by atoms with Gasteiger partial charge in [0.05, 0.1) is 17.8 Å². The number of rotatable bonds is 7. The van der Waals surface area contributed by atoms with E-state index in [1.54, 1.807) is 15.9 Å². The third-order valence-electron chi connectivity index (χ3n) is 7.89. The van der Waals surface area contributed by atoms with Gasteiger partial charge in [-0.3, -0.25) is 14.4 Å². The van der Waals surface area contributed by atoms with Crippen LogP contribution in [0.1, 0.15) is 65.3 Å². The third-order valence-corrected chi connectivity index (χ3v) is 7.89. The van der Waals surface area contributed by atoms with Crippen molar-refractivity contribution in [3.63, 3.8) is 0 Å². The van der Waals surface area contributed by atoms with Gasteiger partial charge in [-0.15, -0.1) is 0 Å². The maximum absolute atomic E-state index is 13.6. The van der Waals surface area contributed by atoms with Crippen molar-refractivity contribution in [3.8, 4) is 0 Å². The Hall–Kier alpha value is -3.19. The van der Waals surface area contributed by atoms with E-state index in [-0.39, 0.29) is 24.3 Å². The van der Waals surface area contributed by atoms with E-state index in [4.69, 9.17) is 0 Å². The minimum Gasteiger partial charge on any atom is -0.352 e. The second-order valence-corrected chi connectivity index (χ2v) is 10.4. The van der Waals surface area contributed by atoms with Gasteiger partial charge < -0.3 is 20.0 Å². The molecule has 1 atom stereocenters. The van der Waals surface area contributed by atoms with Gasteiger partial charge in [0, 0.05) is 18.7 Å². The number of nitrogens with one attached hydrogen (secondary N) is 1. The Bertz CT molecular complexity index is 1130. The molecule has 0 aromatic heterocycles. The fraction of sp³-hybridized carbons (Fsp3) is 0.483. The Morgan fingerprint density at radius 1 is 0.972 bits per heavy atom. The molecule has 190 valence electrons. The van der Waals surface area contributed by atoms with Gasteiger partial charge in [-0.1, -0.05) is 37.3 Å². The fourth-order valence-electron chi connectivity index (χ4n) is 5.71. The highest BCUT2D eigenvalue weighted by Crippen LogP contribution is 2.33. The lowest BCUT2D eigenvalue weighted by Crippen LogP contribution is -2.44. The lowest BCUT2D eigenvalue weighted by Gasteiger charge is -2.30. The summed E-state index contributed by atoms with van der Waals surface area (Å²) in [5, 5.41) is 3.08. The minimum atomic E-state index is -0.441. The normalized spacial score (nSPS) is 20.8. The molecular weight excluding hydrogens is 452 g/mol. The maximum atomic E-state index is 13.6. The van der Waals surface area contributed by atoms with Crippen molar-refractivity contribution in [2.45, 2.75) is 51.6 Å². The molecule has 3 aliphatic heterocycles. The van der Waals surface area contributed by atoms with E-state index in [1.807, 2.05) is 42.5 Å². The molecule has 0 unspecified atom stereocenters. The first-order valence-electron chi connectivity index (χ1n) is 13.3. The number of carbonyl (C=O) groups excluding carboxylic acids is 3. The van der Waals surface area contributed by atoms with Crippen LogP contribution in [0.25, 0.3) is 0 Å². The molecule has 0 spiro atoms. The highest BCUT2D eigenvalue weighted by Gasteiger charge is 2.42. The third kappa shape index (κ3) is 5.03. The summed E-state index contributed by atoms with van der Waals surface area (Å²) in [6.07, 6.45) is 4.92. The molecule has 36 heavy (non-hydrogen) atoms. The number of hydrogen-bond acceptors (Lipinski definition) is 4. The summed E-state index contributed by atoms with van der Waals surface area (Å²) in [7, 11) is 0.